The Balaban J connectivity index is 1.98. The lowest BCUT2D eigenvalue weighted by Gasteiger charge is -2.25. The van der Waals surface area contributed by atoms with E-state index in [0.717, 1.165) is 32.3 Å². The fourth-order valence-electron chi connectivity index (χ4n) is 1.98. The zero-order chi connectivity index (χ0) is 11.4. The Hall–Kier alpha value is -0.940. The van der Waals surface area contributed by atoms with Crippen LogP contribution in [0.1, 0.15) is 43.9 Å². The van der Waals surface area contributed by atoms with E-state index in [1.807, 2.05) is 0 Å². The van der Waals surface area contributed by atoms with Crippen molar-refractivity contribution in [1.82, 2.24) is 10.1 Å². The molecule has 1 saturated heterocycles. The summed E-state index contributed by atoms with van der Waals surface area (Å²) in [5.41, 5.74) is 6.11. The van der Waals surface area contributed by atoms with Gasteiger partial charge in [-0.2, -0.15) is 4.98 Å². The number of hydrogen-bond donors (Lipinski definition) is 1. The molecule has 5 heteroatoms. The molecule has 16 heavy (non-hydrogen) atoms. The molecule has 0 amide bonds. The number of aromatic nitrogens is 2. The van der Waals surface area contributed by atoms with E-state index < -0.39 is 0 Å². The van der Waals surface area contributed by atoms with Crippen LogP contribution in [0.15, 0.2) is 4.52 Å². The lowest BCUT2D eigenvalue weighted by atomic mass is 9.94. The van der Waals surface area contributed by atoms with Gasteiger partial charge in [-0.15, -0.1) is 0 Å². The molecule has 2 N–H and O–H groups in total. The van der Waals surface area contributed by atoms with E-state index in [-0.39, 0.29) is 6.04 Å². The van der Waals surface area contributed by atoms with Crippen LogP contribution in [0.4, 0.5) is 0 Å². The highest BCUT2D eigenvalue weighted by molar-refractivity contribution is 4.96. The predicted molar refractivity (Wildman–Crippen MR) is 58.8 cm³/mol. The molecule has 1 aromatic heterocycles. The number of nitrogens with zero attached hydrogens (tertiary/aromatic N) is 2. The van der Waals surface area contributed by atoms with E-state index in [1.54, 1.807) is 0 Å². The first-order valence-electron chi connectivity index (χ1n) is 5.97. The molecular formula is C11H19N3O2. The summed E-state index contributed by atoms with van der Waals surface area (Å²) in [6.45, 7) is 3.63. The fraction of sp³-hybridized carbons (Fsp3) is 0.818. The minimum atomic E-state index is -0.158. The minimum Gasteiger partial charge on any atom is -0.381 e. The third kappa shape index (κ3) is 2.59. The molecular weight excluding hydrogens is 206 g/mol. The van der Waals surface area contributed by atoms with Gasteiger partial charge in [0.2, 0.25) is 5.89 Å². The fourth-order valence-corrected chi connectivity index (χ4v) is 1.98. The Labute approximate surface area is 95.3 Å². The summed E-state index contributed by atoms with van der Waals surface area (Å²) in [4.78, 5) is 4.32. The van der Waals surface area contributed by atoms with Crippen LogP contribution in [0.3, 0.4) is 0 Å². The normalized spacial score (nSPS) is 23.2. The van der Waals surface area contributed by atoms with Crippen molar-refractivity contribution in [2.24, 2.45) is 11.7 Å². The molecule has 2 rings (SSSR count). The van der Waals surface area contributed by atoms with Crippen molar-refractivity contribution >= 4 is 0 Å². The van der Waals surface area contributed by atoms with Crippen LogP contribution in [0, 0.1) is 5.92 Å². The predicted octanol–water partition coefficient (Wildman–Crippen LogP) is 1.45. The lowest BCUT2D eigenvalue weighted by Crippen LogP contribution is -2.29. The van der Waals surface area contributed by atoms with Crippen molar-refractivity contribution in [1.29, 1.82) is 0 Å². The molecule has 0 aromatic carbocycles. The van der Waals surface area contributed by atoms with E-state index in [9.17, 15) is 0 Å². The molecule has 1 fully saturated rings. The van der Waals surface area contributed by atoms with Crippen molar-refractivity contribution in [3.63, 3.8) is 0 Å². The number of hydrogen-bond acceptors (Lipinski definition) is 5. The number of ether oxygens (including phenoxy) is 1. The Morgan fingerprint density at radius 2 is 2.44 bits per heavy atom. The third-order valence-corrected chi connectivity index (χ3v) is 2.95. The lowest BCUT2D eigenvalue weighted by molar-refractivity contribution is 0.0433. The quantitative estimate of drug-likeness (QED) is 0.839. The van der Waals surface area contributed by atoms with Gasteiger partial charge >= 0.3 is 0 Å². The topological polar surface area (TPSA) is 74.2 Å². The Morgan fingerprint density at radius 3 is 3.12 bits per heavy atom. The molecule has 5 nitrogen and oxygen atoms in total. The monoisotopic (exact) mass is 225 g/mol. The molecule has 0 bridgehead atoms. The van der Waals surface area contributed by atoms with Gasteiger partial charge in [0.05, 0.1) is 12.6 Å². The number of aryl methyl sites for hydroxylation is 1. The van der Waals surface area contributed by atoms with Gasteiger partial charge in [0.1, 0.15) is 0 Å². The first kappa shape index (κ1) is 11.5. The average molecular weight is 225 g/mol. The van der Waals surface area contributed by atoms with Gasteiger partial charge in [0, 0.05) is 18.9 Å². The van der Waals surface area contributed by atoms with Gasteiger partial charge in [-0.3, -0.25) is 0 Å². The maximum absolute atomic E-state index is 6.11. The molecule has 2 atom stereocenters. The molecule has 90 valence electrons. The van der Waals surface area contributed by atoms with Crippen LogP contribution in [0.5, 0.6) is 0 Å². The van der Waals surface area contributed by atoms with Crippen molar-refractivity contribution in [2.75, 3.05) is 13.2 Å². The summed E-state index contributed by atoms with van der Waals surface area (Å²) < 4.78 is 10.5. The second-order valence-corrected chi connectivity index (χ2v) is 4.30. The summed E-state index contributed by atoms with van der Waals surface area (Å²) in [5.74, 6) is 1.63. The molecule has 0 aliphatic carbocycles. The van der Waals surface area contributed by atoms with Crippen molar-refractivity contribution in [3.05, 3.63) is 11.7 Å². The smallest absolute Gasteiger partial charge is 0.226 e. The minimum absolute atomic E-state index is 0.158. The Bertz CT molecular complexity index is 321. The van der Waals surface area contributed by atoms with Crippen molar-refractivity contribution < 1.29 is 9.26 Å². The number of nitrogens with two attached hydrogens (primary N) is 1. The van der Waals surface area contributed by atoms with Crippen molar-refractivity contribution in [3.8, 4) is 0 Å². The maximum Gasteiger partial charge on any atom is 0.226 e. The van der Waals surface area contributed by atoms with Gasteiger partial charge in [-0.25, -0.2) is 0 Å². The van der Waals surface area contributed by atoms with E-state index in [2.05, 4.69) is 17.1 Å². The summed E-state index contributed by atoms with van der Waals surface area (Å²) in [6, 6.07) is -0.158. The van der Waals surface area contributed by atoms with Crippen LogP contribution in [0.2, 0.25) is 0 Å². The molecule has 2 heterocycles. The average Bonchev–Trinajstić information content (AvgIpc) is 2.78. The van der Waals surface area contributed by atoms with Gasteiger partial charge in [0.15, 0.2) is 5.82 Å². The summed E-state index contributed by atoms with van der Waals surface area (Å²) in [6.07, 6.45) is 3.97. The molecule has 2 unspecified atom stereocenters. The van der Waals surface area contributed by atoms with Gasteiger partial charge in [-0.05, 0) is 19.3 Å². The summed E-state index contributed by atoms with van der Waals surface area (Å²) in [7, 11) is 0. The van der Waals surface area contributed by atoms with Crippen LogP contribution in [-0.4, -0.2) is 23.4 Å². The SMILES string of the molecule is CCCc1nc(C(N)C2CCCOC2)no1. The Kier molecular flexibility index (Phi) is 3.90. The van der Waals surface area contributed by atoms with E-state index in [0.29, 0.717) is 24.2 Å². The molecule has 1 aliphatic heterocycles. The second-order valence-electron chi connectivity index (χ2n) is 4.30. The first-order chi connectivity index (χ1) is 7.81. The standard InChI is InChI=1S/C11H19N3O2/c1-2-4-9-13-11(14-16-9)10(12)8-5-3-6-15-7-8/h8,10H,2-7,12H2,1H3. The van der Waals surface area contributed by atoms with E-state index in [1.165, 1.54) is 0 Å². The van der Waals surface area contributed by atoms with Gasteiger partial charge in [0.25, 0.3) is 0 Å². The summed E-state index contributed by atoms with van der Waals surface area (Å²) >= 11 is 0. The van der Waals surface area contributed by atoms with Crippen LogP contribution in [0.25, 0.3) is 0 Å². The molecule has 0 radical (unpaired) electrons. The molecule has 1 aromatic rings. The van der Waals surface area contributed by atoms with Gasteiger partial charge in [-0.1, -0.05) is 12.1 Å². The summed E-state index contributed by atoms with van der Waals surface area (Å²) in [5, 5.41) is 3.94. The van der Waals surface area contributed by atoms with Crippen LogP contribution in [-0.2, 0) is 11.2 Å². The molecule has 1 aliphatic rings. The maximum atomic E-state index is 6.11. The van der Waals surface area contributed by atoms with Crippen LogP contribution >= 0.6 is 0 Å². The highest BCUT2D eigenvalue weighted by atomic mass is 16.5. The largest absolute Gasteiger partial charge is 0.381 e. The first-order valence-corrected chi connectivity index (χ1v) is 5.97. The zero-order valence-electron chi connectivity index (χ0n) is 9.69. The van der Waals surface area contributed by atoms with Crippen molar-refractivity contribution in [2.45, 2.75) is 38.6 Å². The van der Waals surface area contributed by atoms with Crippen LogP contribution < -0.4 is 5.73 Å². The van der Waals surface area contributed by atoms with E-state index in [4.69, 9.17) is 15.0 Å². The highest BCUT2D eigenvalue weighted by Gasteiger charge is 2.26. The number of rotatable bonds is 4. The molecule has 0 saturated carbocycles. The Morgan fingerprint density at radius 1 is 1.56 bits per heavy atom. The third-order valence-electron chi connectivity index (χ3n) is 2.95. The van der Waals surface area contributed by atoms with E-state index >= 15 is 0 Å². The molecule has 0 spiro atoms. The zero-order valence-corrected chi connectivity index (χ0v) is 9.69. The van der Waals surface area contributed by atoms with Gasteiger partial charge < -0.3 is 15.0 Å². The highest BCUT2D eigenvalue weighted by Crippen LogP contribution is 2.25. The second kappa shape index (κ2) is 5.41.